The number of primary amides is 1. The number of aliphatic hydroxyl groups excluding tert-OH is 1. The molecule has 3 aliphatic heterocycles. The van der Waals surface area contributed by atoms with E-state index in [2.05, 4.69) is 36.9 Å². The van der Waals surface area contributed by atoms with Crippen LogP contribution in [0.1, 0.15) is 118 Å². The third-order valence-electron chi connectivity index (χ3n) is 19.0. The van der Waals surface area contributed by atoms with Gasteiger partial charge >= 0.3 is 0 Å². The van der Waals surface area contributed by atoms with Crippen molar-refractivity contribution in [2.24, 2.45) is 17.4 Å². The number of nitrogens with two attached hydrogens (primary N) is 2. The molecule has 4 aliphatic rings. The van der Waals surface area contributed by atoms with Gasteiger partial charge in [0.15, 0.2) is 5.78 Å². The molecule has 0 spiro atoms. The van der Waals surface area contributed by atoms with E-state index >= 15 is 18.8 Å². The number of halogens is 2. The third-order valence-corrected chi connectivity index (χ3v) is 21.1. The quantitative estimate of drug-likeness (QED) is 0.0727. The van der Waals surface area contributed by atoms with Gasteiger partial charge < -0.3 is 73.1 Å². The molecule has 9 rings (SSSR count). The number of Topliss-reactive ketones (excluding diaryl/α,β-unsaturated/α-hetero) is 1. The maximum absolute atomic E-state index is 15.5. The van der Waals surface area contributed by atoms with Crippen LogP contribution in [0.4, 0.5) is 8.78 Å². The lowest BCUT2D eigenvalue weighted by atomic mass is 9.90. The number of aromatic amines is 1. The number of aromatic nitrogens is 1. The van der Waals surface area contributed by atoms with Crippen molar-refractivity contribution in [3.05, 3.63) is 136 Å². The first-order valence-corrected chi connectivity index (χ1v) is 36.1. The molecule has 1 aromatic heterocycles. The van der Waals surface area contributed by atoms with Gasteiger partial charge in [-0.3, -0.25) is 47.9 Å². The summed E-state index contributed by atoms with van der Waals surface area (Å²) in [5.74, 6) is -8.42. The van der Waals surface area contributed by atoms with Gasteiger partial charge in [0.2, 0.25) is 53.2 Å². The van der Waals surface area contributed by atoms with Crippen LogP contribution >= 0.6 is 23.5 Å². The van der Waals surface area contributed by atoms with E-state index in [-0.39, 0.29) is 81.7 Å². The van der Waals surface area contributed by atoms with E-state index in [1.807, 2.05) is 6.07 Å². The Morgan fingerprint density at radius 3 is 2.20 bits per heavy atom. The number of H-pyrrole nitrogens is 1. The molecule has 4 heterocycles. The summed E-state index contributed by atoms with van der Waals surface area (Å²) in [5, 5.41) is 39.2. The molecular weight excluding hydrogens is 1330 g/mol. The number of nitrogens with zero attached hydrogens (tertiary/aromatic N) is 2. The fraction of sp³-hybridized carbons (Fsp3) is 0.472. The van der Waals surface area contributed by atoms with E-state index in [4.69, 9.17) is 16.2 Å². The van der Waals surface area contributed by atoms with Gasteiger partial charge in [0.05, 0.1) is 19.3 Å². The van der Waals surface area contributed by atoms with Crippen LogP contribution in [-0.2, 0) is 78.7 Å². The molecular formula is C72H89F2N11O13S2. The van der Waals surface area contributed by atoms with Crippen molar-refractivity contribution in [2.75, 3.05) is 38.2 Å². The predicted molar refractivity (Wildman–Crippen MR) is 375 cm³/mol. The number of aromatic hydroxyl groups is 1. The number of thioether (sulfide) groups is 2. The monoisotopic (exact) mass is 1420 g/mol. The number of unbranched alkanes of at least 4 members (excludes halogenated alkanes) is 1. The van der Waals surface area contributed by atoms with Crippen molar-refractivity contribution in [1.82, 2.24) is 46.7 Å². The lowest BCUT2D eigenvalue weighted by Crippen LogP contribution is -2.64. The highest BCUT2D eigenvalue weighted by atomic mass is 32.2. The summed E-state index contributed by atoms with van der Waals surface area (Å²) in [6, 6.07) is 10.4. The third kappa shape index (κ3) is 19.2. The summed E-state index contributed by atoms with van der Waals surface area (Å²) in [4.78, 5) is 151. The minimum Gasteiger partial charge on any atom is -0.508 e. The molecule has 10 atom stereocenters. The van der Waals surface area contributed by atoms with Gasteiger partial charge in [-0.1, -0.05) is 30.3 Å². The molecule has 2 saturated heterocycles. The first-order chi connectivity index (χ1) is 47.8. The number of hydrogen-bond donors (Lipinski definition) is 11. The molecule has 13 N–H and O–H groups in total. The van der Waals surface area contributed by atoms with Crippen molar-refractivity contribution in [2.45, 2.75) is 170 Å². The van der Waals surface area contributed by atoms with Gasteiger partial charge in [0.1, 0.15) is 64.9 Å². The number of carbonyl (C=O) groups is 10. The molecule has 9 amide bonds. The summed E-state index contributed by atoms with van der Waals surface area (Å²) >= 11 is 2.65. The first-order valence-electron chi connectivity index (χ1n) is 33.8. The standard InChI is InChI=1S/C72H89F2N11O13S2/c1-40-61(88)33-47(31-48-36-77-55-20-17-50(74)35-54(48)55)65(91)80-58(32-46-14-13-45-15-16-49(73)34-53(45)46)69(95)84-24-7-10-60(84)67(93)83-63(41(2)86)68(94)81-57(30-42-11-18-52(98-4)19-12-42)70(96)85-25-8-22-72(85,3)71(97)82-59(64(76)90)39-100-38-44-27-43(28-51(87)29-44)37-99-26-21-62(89)79-56(66(92)78-40)9-5-6-23-75/h11-12,14-20,27-29,34-36,40-41,47,56-60,63,77,86-87H,5-10,13,21-26,30-33,37-39,75H2,1-4H3,(H2,76,90)(H,78,92)(H,79,89)(H,80,91)(H,81,94)(H,82,97)(H,83,93)/t40-,41-,47-,56+,57+,58+,59+,60+,63+,72+/m1/s1. The number of hydrogen-bond acceptors (Lipinski definition) is 16. The molecule has 4 aromatic carbocycles. The number of amides is 9. The van der Waals surface area contributed by atoms with E-state index in [0.29, 0.717) is 88.2 Å². The second kappa shape index (κ2) is 34.5. The summed E-state index contributed by atoms with van der Waals surface area (Å²) < 4.78 is 35.3. The van der Waals surface area contributed by atoms with E-state index in [1.54, 1.807) is 61.7 Å². The number of ketones is 1. The summed E-state index contributed by atoms with van der Waals surface area (Å²) in [6.07, 6.45) is 2.99. The number of ether oxygens (including phenoxy) is 1. The number of phenols is 1. The number of aliphatic hydroxyl groups is 1. The van der Waals surface area contributed by atoms with Crippen LogP contribution in [0.25, 0.3) is 16.5 Å². The molecule has 100 heavy (non-hydrogen) atoms. The van der Waals surface area contributed by atoms with Crippen molar-refractivity contribution >= 4 is 98.9 Å². The normalized spacial score (nSPS) is 25.1. The minimum atomic E-state index is -1.75. The molecule has 0 saturated carbocycles. The van der Waals surface area contributed by atoms with Crippen LogP contribution < -0.4 is 48.1 Å². The molecule has 536 valence electrons. The Balaban J connectivity index is 1.05. The topological polar surface area (TPSA) is 367 Å². The van der Waals surface area contributed by atoms with Crippen LogP contribution in [0.2, 0.25) is 0 Å². The Morgan fingerprint density at radius 2 is 1.48 bits per heavy atom. The highest BCUT2D eigenvalue weighted by molar-refractivity contribution is 7.98. The Morgan fingerprint density at radius 1 is 0.770 bits per heavy atom. The molecule has 28 heteroatoms. The molecule has 24 nitrogen and oxygen atoms in total. The number of phenolic OH excluding ortho intramolecular Hbond substituents is 1. The average molecular weight is 1420 g/mol. The smallest absolute Gasteiger partial charge is 0.246 e. The fourth-order valence-corrected chi connectivity index (χ4v) is 15.3. The number of nitrogens with one attached hydrogen (secondary N) is 7. The van der Waals surface area contributed by atoms with Crippen LogP contribution in [0, 0.1) is 17.6 Å². The second-order valence-corrected chi connectivity index (χ2v) is 28.5. The van der Waals surface area contributed by atoms with Crippen LogP contribution in [0.3, 0.4) is 0 Å². The summed E-state index contributed by atoms with van der Waals surface area (Å²) in [5.41, 5.74) is 14.8. The maximum atomic E-state index is 15.5. The molecule has 0 unspecified atom stereocenters. The average Bonchev–Trinajstić information content (AvgIpc) is 1.58. The van der Waals surface area contributed by atoms with Gasteiger partial charge in [-0.2, -0.15) is 23.5 Å². The van der Waals surface area contributed by atoms with Crippen molar-refractivity contribution in [3.8, 4) is 11.5 Å². The number of methoxy groups -OCH3 is 1. The number of carbonyl (C=O) groups excluding carboxylic acids is 10. The lowest BCUT2D eigenvalue weighted by Gasteiger charge is -2.37. The zero-order valence-electron chi connectivity index (χ0n) is 56.5. The minimum absolute atomic E-state index is 0.000392. The van der Waals surface area contributed by atoms with Gasteiger partial charge in [-0.25, -0.2) is 8.78 Å². The SMILES string of the molecule is COc1ccc(C[C@@H]2NC(=O)[C@H]([C@@H](C)O)NC(=O)[C@@H]3CCCN3C(=O)[C@H](CC3=CCc4ccc(F)cc43)NC(=O)[C@H](Cc3c[nH]c4ccc(F)cc34)CC(=O)[C@@H](C)NC(=O)[C@H](CCCCN)NC(=O)CCSCc3cc(O)cc(c3)CSC[C@@H](C(N)=O)NC(=O)[C@]3(C)CCCN3C2=O)cc1. The van der Waals surface area contributed by atoms with Crippen LogP contribution in [0.5, 0.6) is 11.5 Å². The van der Waals surface area contributed by atoms with Crippen molar-refractivity contribution in [1.29, 1.82) is 0 Å². The Bertz CT molecular complexity index is 3890. The van der Waals surface area contributed by atoms with Crippen LogP contribution in [0.15, 0.2) is 91.1 Å². The Kier molecular flexibility index (Phi) is 26.0. The largest absolute Gasteiger partial charge is 0.508 e. The van der Waals surface area contributed by atoms with Crippen LogP contribution in [-0.4, -0.2) is 176 Å². The first kappa shape index (κ1) is 75.3. The molecule has 0 radical (unpaired) electrons. The maximum Gasteiger partial charge on any atom is 0.246 e. The van der Waals surface area contributed by atoms with Crippen molar-refractivity contribution < 1.29 is 71.7 Å². The van der Waals surface area contributed by atoms with Gasteiger partial charge in [0.25, 0.3) is 0 Å². The van der Waals surface area contributed by atoms with Crippen molar-refractivity contribution in [3.63, 3.8) is 0 Å². The zero-order chi connectivity index (χ0) is 71.9. The number of rotatable bonds is 13. The highest BCUT2D eigenvalue weighted by Gasteiger charge is 2.49. The van der Waals surface area contributed by atoms with E-state index < -0.39 is 137 Å². The molecule has 1 aliphatic carbocycles. The Labute approximate surface area is 587 Å². The molecule has 5 aromatic rings. The number of fused-ring (bicyclic) bond motifs is 6. The zero-order valence-corrected chi connectivity index (χ0v) is 58.1. The highest BCUT2D eigenvalue weighted by Crippen LogP contribution is 2.35. The molecule has 2 fully saturated rings. The Hall–Kier alpha value is -8.86. The number of allylic oxidation sites excluding steroid dienone is 1. The molecule has 2 bridgehead atoms. The van der Waals surface area contributed by atoms with E-state index in [0.717, 1.165) is 11.1 Å². The number of benzene rings is 4. The fourth-order valence-electron chi connectivity index (χ4n) is 13.4. The summed E-state index contributed by atoms with van der Waals surface area (Å²) in [6.45, 7) is 4.59. The summed E-state index contributed by atoms with van der Waals surface area (Å²) in [7, 11) is 1.48. The lowest BCUT2D eigenvalue weighted by molar-refractivity contribution is -0.147. The second-order valence-electron chi connectivity index (χ2n) is 26.4. The van der Waals surface area contributed by atoms with Gasteiger partial charge in [-0.15, -0.1) is 0 Å². The predicted octanol–water partition coefficient (Wildman–Crippen LogP) is 4.42. The van der Waals surface area contributed by atoms with E-state index in [9.17, 15) is 48.2 Å². The van der Waals surface area contributed by atoms with Gasteiger partial charge in [-0.05, 0) is 179 Å². The van der Waals surface area contributed by atoms with E-state index in [1.165, 1.54) is 84.6 Å². The van der Waals surface area contributed by atoms with Gasteiger partial charge in [0, 0.05) is 84.8 Å².